The summed E-state index contributed by atoms with van der Waals surface area (Å²) in [4.78, 5) is 23.6. The third-order valence-electron chi connectivity index (χ3n) is 4.31. The maximum Gasteiger partial charge on any atom is 0.167 e. The second-order valence-corrected chi connectivity index (χ2v) is 5.76. The number of nitrogens with two attached hydrogens (primary N) is 1. The van der Waals surface area contributed by atoms with Gasteiger partial charge in [-0.2, -0.15) is 0 Å². The Morgan fingerprint density at radius 2 is 2.05 bits per heavy atom. The highest BCUT2D eigenvalue weighted by atomic mass is 16.5. The van der Waals surface area contributed by atoms with E-state index in [1.807, 2.05) is 30.3 Å². The second kappa shape index (κ2) is 4.66. The van der Waals surface area contributed by atoms with Gasteiger partial charge in [-0.25, -0.2) is 0 Å². The lowest BCUT2D eigenvalue weighted by atomic mass is 9.83. The Morgan fingerprint density at radius 3 is 2.86 bits per heavy atom. The van der Waals surface area contributed by atoms with Crippen LogP contribution < -0.4 is 5.73 Å². The zero-order valence-corrected chi connectivity index (χ0v) is 11.8. The predicted octanol–water partition coefficient (Wildman–Crippen LogP) is 2.97. The van der Waals surface area contributed by atoms with Crippen LogP contribution in [-0.2, 0) is 9.59 Å². The third kappa shape index (κ3) is 1.89. The first-order valence-corrected chi connectivity index (χ1v) is 7.25. The van der Waals surface area contributed by atoms with E-state index in [-0.39, 0.29) is 23.9 Å². The van der Waals surface area contributed by atoms with Crippen molar-refractivity contribution in [2.75, 3.05) is 5.73 Å². The molecule has 1 atom stereocenters. The van der Waals surface area contributed by atoms with Gasteiger partial charge in [0.15, 0.2) is 5.58 Å². The van der Waals surface area contributed by atoms with Gasteiger partial charge in [0.05, 0.1) is 17.7 Å². The first-order chi connectivity index (χ1) is 10.6. The van der Waals surface area contributed by atoms with E-state index >= 15 is 0 Å². The first kappa shape index (κ1) is 13.0. The average Bonchev–Trinajstić information content (AvgIpc) is 2.91. The molecule has 110 valence electrons. The Balaban J connectivity index is 1.95. The van der Waals surface area contributed by atoms with E-state index in [4.69, 9.17) is 10.3 Å². The van der Waals surface area contributed by atoms with E-state index in [1.54, 1.807) is 0 Å². The average molecular weight is 294 g/mol. The molecule has 22 heavy (non-hydrogen) atoms. The molecule has 0 unspecified atom stereocenters. The summed E-state index contributed by atoms with van der Waals surface area (Å²) in [7, 11) is 0. The number of anilines is 1. The van der Waals surface area contributed by atoms with Gasteiger partial charge in [-0.15, -0.1) is 0 Å². The number of hydrogen-bond acceptors (Lipinski definition) is 5. The predicted molar refractivity (Wildman–Crippen MR) is 82.5 cm³/mol. The van der Waals surface area contributed by atoms with Crippen LogP contribution in [-0.4, -0.2) is 16.7 Å². The van der Waals surface area contributed by atoms with Crippen molar-refractivity contribution in [3.63, 3.8) is 0 Å². The van der Waals surface area contributed by atoms with Crippen LogP contribution in [0.25, 0.3) is 21.7 Å². The Morgan fingerprint density at radius 1 is 1.18 bits per heavy atom. The molecule has 2 N–H and O–H groups in total. The molecule has 2 aromatic carbocycles. The molecule has 0 spiro atoms. The van der Waals surface area contributed by atoms with Crippen LogP contribution in [0.2, 0.25) is 0 Å². The summed E-state index contributed by atoms with van der Waals surface area (Å²) in [5.74, 6) is -0.423. The fraction of sp³-hybridized carbons (Fsp3) is 0.235. The molecule has 3 aromatic rings. The van der Waals surface area contributed by atoms with Gasteiger partial charge in [-0.05, 0) is 35.4 Å². The zero-order chi connectivity index (χ0) is 15.3. The van der Waals surface area contributed by atoms with Gasteiger partial charge >= 0.3 is 0 Å². The summed E-state index contributed by atoms with van der Waals surface area (Å²) < 4.78 is 5.40. The summed E-state index contributed by atoms with van der Waals surface area (Å²) in [6.07, 6.45) is 0.921. The van der Waals surface area contributed by atoms with Gasteiger partial charge in [0.2, 0.25) is 0 Å². The lowest BCUT2D eigenvalue weighted by Crippen LogP contribution is -2.23. The van der Waals surface area contributed by atoms with E-state index in [1.165, 1.54) is 0 Å². The Hall–Kier alpha value is -2.69. The van der Waals surface area contributed by atoms with Crippen molar-refractivity contribution < 1.29 is 14.1 Å². The van der Waals surface area contributed by atoms with Crippen molar-refractivity contribution in [3.05, 3.63) is 36.0 Å². The molecule has 1 aliphatic carbocycles. The number of carbonyl (C=O) groups is 2. The monoisotopic (exact) mass is 294 g/mol. The molecule has 4 rings (SSSR count). The molecular weight excluding hydrogens is 280 g/mol. The van der Waals surface area contributed by atoms with Crippen molar-refractivity contribution in [1.82, 2.24) is 5.16 Å². The van der Waals surface area contributed by atoms with Crippen LogP contribution in [0.15, 0.2) is 34.9 Å². The van der Waals surface area contributed by atoms with Gasteiger partial charge in [0.25, 0.3) is 0 Å². The fourth-order valence-electron chi connectivity index (χ4n) is 3.21. The van der Waals surface area contributed by atoms with E-state index < -0.39 is 0 Å². The smallest absolute Gasteiger partial charge is 0.167 e. The molecule has 5 nitrogen and oxygen atoms in total. The lowest BCUT2D eigenvalue weighted by molar-refractivity contribution is -0.130. The van der Waals surface area contributed by atoms with E-state index in [9.17, 15) is 9.59 Å². The van der Waals surface area contributed by atoms with Gasteiger partial charge in [-0.3, -0.25) is 9.59 Å². The fourth-order valence-corrected chi connectivity index (χ4v) is 3.21. The molecule has 5 heteroatoms. The highest BCUT2D eigenvalue weighted by Gasteiger charge is 2.32. The van der Waals surface area contributed by atoms with Gasteiger partial charge in [0.1, 0.15) is 17.3 Å². The van der Waals surface area contributed by atoms with Crippen molar-refractivity contribution in [2.45, 2.75) is 25.2 Å². The van der Waals surface area contributed by atoms with Crippen molar-refractivity contribution in [3.8, 4) is 0 Å². The van der Waals surface area contributed by atoms with E-state index in [0.717, 1.165) is 16.2 Å². The largest absolute Gasteiger partial charge is 0.399 e. The van der Waals surface area contributed by atoms with Crippen LogP contribution in [0.5, 0.6) is 0 Å². The number of ketones is 2. The summed E-state index contributed by atoms with van der Waals surface area (Å²) in [6, 6.07) is 9.40. The molecule has 1 fully saturated rings. The molecule has 0 radical (unpaired) electrons. The number of rotatable bonds is 1. The number of nitrogens with zero attached hydrogens (tertiary/aromatic N) is 1. The van der Waals surface area contributed by atoms with Crippen molar-refractivity contribution in [2.24, 2.45) is 0 Å². The summed E-state index contributed by atoms with van der Waals surface area (Å²) in [5, 5.41) is 6.93. The molecular formula is C17H14N2O3. The van der Waals surface area contributed by atoms with Crippen LogP contribution in [0.4, 0.5) is 5.69 Å². The normalized spacial score (nSPS) is 19.2. The minimum absolute atomic E-state index is 0.00324. The number of Topliss-reactive ketones (excluding diaryl/α,β-unsaturated/α-hetero) is 2. The van der Waals surface area contributed by atoms with Crippen molar-refractivity contribution in [1.29, 1.82) is 0 Å². The summed E-state index contributed by atoms with van der Waals surface area (Å²) >= 11 is 0. The molecule has 0 saturated heterocycles. The minimum Gasteiger partial charge on any atom is -0.399 e. The highest BCUT2D eigenvalue weighted by molar-refractivity contribution is 6.11. The van der Waals surface area contributed by atoms with Crippen LogP contribution >= 0.6 is 0 Å². The number of benzene rings is 2. The topological polar surface area (TPSA) is 86.2 Å². The molecule has 1 heterocycles. The molecule has 0 aliphatic heterocycles. The van der Waals surface area contributed by atoms with Crippen LogP contribution in [0.3, 0.4) is 0 Å². The maximum absolute atomic E-state index is 12.2. The zero-order valence-electron chi connectivity index (χ0n) is 11.8. The molecule has 1 aliphatic rings. The lowest BCUT2D eigenvalue weighted by Gasteiger charge is -2.17. The Labute approximate surface area is 126 Å². The third-order valence-corrected chi connectivity index (χ3v) is 4.31. The SMILES string of the molecule is Nc1ccc2c(ccc3onc([C@H]4CCC(=O)CC4=O)c32)c1. The summed E-state index contributed by atoms with van der Waals surface area (Å²) in [6.45, 7) is 0. The quantitative estimate of drug-likeness (QED) is 0.551. The number of fused-ring (bicyclic) bond motifs is 3. The number of hydrogen-bond donors (Lipinski definition) is 1. The van der Waals surface area contributed by atoms with Gasteiger partial charge < -0.3 is 10.3 Å². The standard InChI is InChI=1S/C17H14N2O3/c18-10-2-4-12-9(7-10)1-6-15-16(12)17(19-22-15)13-5-3-11(20)8-14(13)21/h1-2,4,6-7,13H,3,5,8,18H2/t13-/m0/s1. The minimum atomic E-state index is -0.359. The molecule has 0 bridgehead atoms. The maximum atomic E-state index is 12.2. The summed E-state index contributed by atoms with van der Waals surface area (Å²) in [5.41, 5.74) is 7.81. The Kier molecular flexibility index (Phi) is 2.76. The number of carbonyl (C=O) groups excluding carboxylic acids is 2. The number of nitrogen functional groups attached to an aromatic ring is 1. The first-order valence-electron chi connectivity index (χ1n) is 7.25. The van der Waals surface area contributed by atoms with Gasteiger partial charge in [0, 0.05) is 12.1 Å². The molecule has 1 aromatic heterocycles. The van der Waals surface area contributed by atoms with E-state index in [0.29, 0.717) is 29.8 Å². The molecule has 0 amide bonds. The Bertz CT molecular complexity index is 926. The van der Waals surface area contributed by atoms with Gasteiger partial charge in [-0.1, -0.05) is 17.3 Å². The van der Waals surface area contributed by atoms with Crippen LogP contribution in [0.1, 0.15) is 30.9 Å². The molecule has 1 saturated carbocycles. The van der Waals surface area contributed by atoms with Crippen molar-refractivity contribution >= 4 is 39.0 Å². The highest BCUT2D eigenvalue weighted by Crippen LogP contribution is 2.36. The van der Waals surface area contributed by atoms with Crippen LogP contribution in [0, 0.1) is 0 Å². The van der Waals surface area contributed by atoms with E-state index in [2.05, 4.69) is 5.16 Å². The second-order valence-electron chi connectivity index (χ2n) is 5.76. The number of aromatic nitrogens is 1.